The maximum Gasteiger partial charge on any atom is -1.00 e. The Morgan fingerprint density at radius 3 is 2.38 bits per heavy atom. The summed E-state index contributed by atoms with van der Waals surface area (Å²) in [5.74, 6) is 0.634. The van der Waals surface area contributed by atoms with Crippen molar-refractivity contribution in [2.75, 3.05) is 0 Å². The quantitative estimate of drug-likeness (QED) is 0.549. The number of benzene rings is 1. The molecule has 0 saturated carbocycles. The van der Waals surface area contributed by atoms with Gasteiger partial charge in [-0.1, -0.05) is 0 Å². The molecule has 0 radical (unpaired) electrons. The molecular formula is C13H15Cl2Zr. The van der Waals surface area contributed by atoms with Crippen LogP contribution >= 0.6 is 0 Å². The maximum absolute atomic E-state index is 2.41. The van der Waals surface area contributed by atoms with E-state index in [1.165, 1.54) is 16.7 Å². The van der Waals surface area contributed by atoms with Gasteiger partial charge in [-0.15, -0.1) is 0 Å². The molecule has 2 rings (SSSR count). The van der Waals surface area contributed by atoms with Crippen molar-refractivity contribution in [3.8, 4) is 0 Å². The summed E-state index contributed by atoms with van der Waals surface area (Å²) in [5, 5.41) is 0. The summed E-state index contributed by atoms with van der Waals surface area (Å²) >= 11 is 1.60. The molecule has 16 heavy (non-hydrogen) atoms. The second kappa shape index (κ2) is 6.38. The van der Waals surface area contributed by atoms with Gasteiger partial charge in [-0.3, -0.25) is 0 Å². The molecule has 1 unspecified atom stereocenters. The second-order valence-corrected chi connectivity index (χ2v) is 5.82. The van der Waals surface area contributed by atoms with Crippen LogP contribution < -0.4 is 24.8 Å². The van der Waals surface area contributed by atoms with Gasteiger partial charge in [0, 0.05) is 0 Å². The molecule has 3 heteroatoms. The Morgan fingerprint density at radius 1 is 1.19 bits per heavy atom. The Kier molecular flexibility index (Phi) is 6.55. The van der Waals surface area contributed by atoms with Crippen molar-refractivity contribution >= 4 is 5.57 Å². The third kappa shape index (κ3) is 2.81. The Labute approximate surface area is 126 Å². The van der Waals surface area contributed by atoms with Crippen LogP contribution in [0.4, 0.5) is 0 Å². The average molecular weight is 333 g/mol. The van der Waals surface area contributed by atoms with Crippen LogP contribution in [0, 0.1) is 0 Å². The first-order chi connectivity index (χ1) is 6.61. The Bertz CT molecular complexity index is 397. The van der Waals surface area contributed by atoms with Gasteiger partial charge in [0.05, 0.1) is 0 Å². The van der Waals surface area contributed by atoms with Crippen LogP contribution in [0.3, 0.4) is 0 Å². The zero-order valence-electron chi connectivity index (χ0n) is 9.72. The van der Waals surface area contributed by atoms with E-state index in [-0.39, 0.29) is 24.8 Å². The maximum atomic E-state index is 2.41. The predicted molar refractivity (Wildman–Crippen MR) is 56.9 cm³/mol. The summed E-state index contributed by atoms with van der Waals surface area (Å²) in [6.45, 7) is 6.80. The molecule has 0 heterocycles. The monoisotopic (exact) mass is 331 g/mol. The Balaban J connectivity index is 0.00000112. The molecule has 0 bridgehead atoms. The van der Waals surface area contributed by atoms with Crippen LogP contribution in [0.1, 0.15) is 47.0 Å². The first-order valence-corrected chi connectivity index (χ1v) is 6.56. The van der Waals surface area contributed by atoms with Crippen molar-refractivity contribution < 1.29 is 49.5 Å². The molecule has 0 saturated heterocycles. The fourth-order valence-electron chi connectivity index (χ4n) is 2.21. The van der Waals surface area contributed by atoms with Crippen LogP contribution in [0.2, 0.25) is 0 Å². The van der Waals surface area contributed by atoms with Crippen molar-refractivity contribution in [1.82, 2.24) is 0 Å². The van der Waals surface area contributed by atoms with E-state index in [4.69, 9.17) is 0 Å². The number of hydrogen-bond acceptors (Lipinski definition) is 0. The molecule has 1 aliphatic rings. The molecule has 0 fully saturated rings. The second-order valence-electron chi connectivity index (χ2n) is 4.29. The van der Waals surface area contributed by atoms with E-state index in [1.807, 2.05) is 0 Å². The molecule has 1 aromatic rings. The molecule has 1 aliphatic carbocycles. The van der Waals surface area contributed by atoms with E-state index < -0.39 is 0 Å². The summed E-state index contributed by atoms with van der Waals surface area (Å²) in [6, 6.07) is 6.76. The standard InChI is InChI=1S/C13H15.2ClH.Zr/c1-9(2)12-6-4-5-11-8-7-10(3)13(11)12;;;/h4-9H,1-3H3;2*1H;/q;;;+2/p-2. The number of hydrogen-bond donors (Lipinski definition) is 0. The molecule has 0 N–H and O–H groups in total. The SMILES string of the molecule is CC1=C[CH]([Zr+2])c2cccc(C(C)C)c21.[Cl-].[Cl-]. The van der Waals surface area contributed by atoms with Gasteiger partial charge in [-0.2, -0.15) is 0 Å². The topological polar surface area (TPSA) is 0 Å². The minimum Gasteiger partial charge on any atom is -1.00 e. The molecule has 0 spiro atoms. The van der Waals surface area contributed by atoms with Crippen LogP contribution in [0.25, 0.3) is 5.57 Å². The molecule has 0 aliphatic heterocycles. The summed E-state index contributed by atoms with van der Waals surface area (Å²) in [7, 11) is 0. The van der Waals surface area contributed by atoms with Crippen LogP contribution in [-0.2, 0) is 24.7 Å². The molecule has 1 aromatic carbocycles. The minimum atomic E-state index is 0. The first-order valence-electron chi connectivity index (χ1n) is 5.14. The number of rotatable bonds is 1. The first kappa shape index (κ1) is 16.4. The zero-order valence-corrected chi connectivity index (χ0v) is 13.7. The normalized spacial score (nSPS) is 17.4. The van der Waals surface area contributed by atoms with E-state index in [1.54, 1.807) is 30.3 Å². The number of fused-ring (bicyclic) bond motifs is 1. The van der Waals surface area contributed by atoms with Crippen LogP contribution in [0.5, 0.6) is 0 Å². The van der Waals surface area contributed by atoms with E-state index in [0.717, 1.165) is 0 Å². The number of halogens is 2. The molecule has 1 atom stereocenters. The van der Waals surface area contributed by atoms with Gasteiger partial charge in [0.15, 0.2) is 0 Å². The van der Waals surface area contributed by atoms with Gasteiger partial charge < -0.3 is 24.8 Å². The van der Waals surface area contributed by atoms with Gasteiger partial charge in [-0.05, 0) is 0 Å². The summed E-state index contributed by atoms with van der Waals surface area (Å²) in [6.07, 6.45) is 2.41. The molecule has 0 amide bonds. The molecule has 0 aromatic heterocycles. The fourth-order valence-corrected chi connectivity index (χ4v) is 3.41. The zero-order chi connectivity index (χ0) is 10.3. The van der Waals surface area contributed by atoms with Gasteiger partial charge in [0.1, 0.15) is 0 Å². The van der Waals surface area contributed by atoms with Gasteiger partial charge in [-0.25, -0.2) is 0 Å². The van der Waals surface area contributed by atoms with Crippen molar-refractivity contribution in [3.63, 3.8) is 0 Å². The van der Waals surface area contributed by atoms with Gasteiger partial charge in [0.25, 0.3) is 0 Å². The third-order valence-electron chi connectivity index (χ3n) is 2.90. The Hall–Kier alpha value is 0.423. The van der Waals surface area contributed by atoms with Crippen molar-refractivity contribution in [3.05, 3.63) is 41.0 Å². The molecule has 85 valence electrons. The smallest absolute Gasteiger partial charge is 1.00 e. The third-order valence-corrected chi connectivity index (χ3v) is 4.07. The number of allylic oxidation sites excluding steroid dienone is 2. The summed E-state index contributed by atoms with van der Waals surface area (Å²) in [5.41, 5.74) is 6.07. The van der Waals surface area contributed by atoms with Crippen LogP contribution in [-0.4, -0.2) is 0 Å². The largest absolute Gasteiger partial charge is 1.00 e. The van der Waals surface area contributed by atoms with E-state index in [2.05, 4.69) is 45.0 Å². The van der Waals surface area contributed by atoms with E-state index in [0.29, 0.717) is 9.54 Å². The average Bonchev–Trinajstić information content (AvgIpc) is 2.43. The minimum absolute atomic E-state index is 0. The van der Waals surface area contributed by atoms with E-state index >= 15 is 0 Å². The Morgan fingerprint density at radius 2 is 1.81 bits per heavy atom. The van der Waals surface area contributed by atoms with Gasteiger partial charge in [0.2, 0.25) is 0 Å². The van der Waals surface area contributed by atoms with Crippen molar-refractivity contribution in [2.24, 2.45) is 0 Å². The molecular weight excluding hydrogens is 318 g/mol. The van der Waals surface area contributed by atoms with Crippen molar-refractivity contribution in [1.29, 1.82) is 0 Å². The molecule has 0 nitrogen and oxygen atoms in total. The predicted octanol–water partition coefficient (Wildman–Crippen LogP) is -2.18. The summed E-state index contributed by atoms with van der Waals surface area (Å²) < 4.78 is 0.691. The van der Waals surface area contributed by atoms with E-state index in [9.17, 15) is 0 Å². The van der Waals surface area contributed by atoms with Gasteiger partial charge >= 0.3 is 102 Å². The van der Waals surface area contributed by atoms with Crippen molar-refractivity contribution in [2.45, 2.75) is 30.3 Å². The van der Waals surface area contributed by atoms with Crippen LogP contribution in [0.15, 0.2) is 24.3 Å². The summed E-state index contributed by atoms with van der Waals surface area (Å²) in [4.78, 5) is 0. The fraction of sp³-hybridized carbons (Fsp3) is 0.385.